The molecule has 18 heavy (non-hydrogen) atoms. The fourth-order valence-corrected chi connectivity index (χ4v) is 2.62. The smallest absolute Gasteiger partial charge is 0.243 e. The van der Waals surface area contributed by atoms with Gasteiger partial charge in [-0.2, -0.15) is 5.26 Å². The molecule has 0 bridgehead atoms. The van der Waals surface area contributed by atoms with Gasteiger partial charge in [0.1, 0.15) is 5.92 Å². The summed E-state index contributed by atoms with van der Waals surface area (Å²) in [5, 5.41) is 12.6. The normalized spacial score (nSPS) is 12.1. The van der Waals surface area contributed by atoms with Crippen molar-refractivity contribution in [3.63, 3.8) is 0 Å². The molecule has 6 heteroatoms. The molecule has 1 N–H and O–H groups in total. The Morgan fingerprint density at radius 2 is 2.44 bits per heavy atom. The van der Waals surface area contributed by atoms with Gasteiger partial charge >= 0.3 is 0 Å². The number of aromatic nitrogens is 1. The number of rotatable bonds is 3. The lowest BCUT2D eigenvalue weighted by atomic mass is 10.1. The molecule has 0 aliphatic heterocycles. The standard InChI is InChI=1S/C12H10ClN3OS/c1-2-7(6-14)11(17)16-12-15-9-4-3-8(13)5-10(9)18-12/h3-5,7H,2H2,1H3,(H,15,16,17). The Morgan fingerprint density at radius 3 is 3.11 bits per heavy atom. The number of hydrogen-bond donors (Lipinski definition) is 1. The van der Waals surface area contributed by atoms with Gasteiger partial charge in [0.25, 0.3) is 0 Å². The molecule has 1 aromatic heterocycles. The van der Waals surface area contributed by atoms with Gasteiger partial charge in [-0.1, -0.05) is 29.9 Å². The lowest BCUT2D eigenvalue weighted by Gasteiger charge is -2.04. The van der Waals surface area contributed by atoms with E-state index in [0.717, 1.165) is 10.2 Å². The zero-order valence-corrected chi connectivity index (χ0v) is 11.2. The minimum absolute atomic E-state index is 0.315. The molecule has 92 valence electrons. The quantitative estimate of drug-likeness (QED) is 0.936. The summed E-state index contributed by atoms with van der Waals surface area (Å²) in [4.78, 5) is 16.0. The van der Waals surface area contributed by atoms with Crippen molar-refractivity contribution in [2.24, 2.45) is 5.92 Å². The topological polar surface area (TPSA) is 65.8 Å². The van der Waals surface area contributed by atoms with Crippen LogP contribution in [0.15, 0.2) is 18.2 Å². The van der Waals surface area contributed by atoms with E-state index in [1.54, 1.807) is 25.1 Å². The fraction of sp³-hybridized carbons (Fsp3) is 0.250. The van der Waals surface area contributed by atoms with Crippen LogP contribution >= 0.6 is 22.9 Å². The number of carbonyl (C=O) groups is 1. The van der Waals surface area contributed by atoms with E-state index in [1.165, 1.54) is 11.3 Å². The highest BCUT2D eigenvalue weighted by atomic mass is 35.5. The van der Waals surface area contributed by atoms with E-state index in [9.17, 15) is 4.79 Å². The van der Waals surface area contributed by atoms with Crippen LogP contribution < -0.4 is 5.32 Å². The maximum absolute atomic E-state index is 11.7. The van der Waals surface area contributed by atoms with Crippen LogP contribution in [-0.2, 0) is 4.79 Å². The molecule has 0 saturated heterocycles. The van der Waals surface area contributed by atoms with Gasteiger partial charge in [0, 0.05) is 5.02 Å². The van der Waals surface area contributed by atoms with E-state index in [2.05, 4.69) is 10.3 Å². The first-order chi connectivity index (χ1) is 8.63. The highest BCUT2D eigenvalue weighted by Gasteiger charge is 2.17. The van der Waals surface area contributed by atoms with Gasteiger partial charge in [-0.05, 0) is 24.6 Å². The van der Waals surface area contributed by atoms with Crippen molar-refractivity contribution in [2.75, 3.05) is 5.32 Å². The summed E-state index contributed by atoms with van der Waals surface area (Å²) in [5.74, 6) is -0.953. The van der Waals surface area contributed by atoms with Gasteiger partial charge < -0.3 is 5.32 Å². The van der Waals surface area contributed by atoms with Crippen LogP contribution in [0, 0.1) is 17.2 Å². The minimum atomic E-state index is -0.638. The molecule has 0 radical (unpaired) electrons. The Hall–Kier alpha value is -1.64. The van der Waals surface area contributed by atoms with Crippen molar-refractivity contribution in [1.29, 1.82) is 5.26 Å². The number of carbonyl (C=O) groups excluding carboxylic acids is 1. The van der Waals surface area contributed by atoms with Crippen LogP contribution in [0.1, 0.15) is 13.3 Å². The Bertz CT molecular complexity index is 632. The summed E-state index contributed by atoms with van der Waals surface area (Å²) in [6, 6.07) is 7.30. The molecule has 2 rings (SSSR count). The third-order valence-corrected chi connectivity index (χ3v) is 3.63. The lowest BCUT2D eigenvalue weighted by molar-refractivity contribution is -0.118. The molecule has 0 spiro atoms. The first-order valence-corrected chi connectivity index (χ1v) is 6.60. The predicted molar refractivity (Wildman–Crippen MR) is 72.7 cm³/mol. The molecule has 4 nitrogen and oxygen atoms in total. The van der Waals surface area contributed by atoms with E-state index in [0.29, 0.717) is 16.6 Å². The molecule has 1 heterocycles. The summed E-state index contributed by atoms with van der Waals surface area (Å²) in [6.07, 6.45) is 0.485. The number of nitrogens with zero attached hydrogens (tertiary/aromatic N) is 2. The second-order valence-corrected chi connectivity index (χ2v) is 5.18. The molecule has 1 aromatic carbocycles. The van der Waals surface area contributed by atoms with Crippen molar-refractivity contribution >= 4 is 44.2 Å². The third-order valence-electron chi connectivity index (χ3n) is 2.46. The molecule has 0 aliphatic rings. The molecular weight excluding hydrogens is 270 g/mol. The molecule has 0 saturated carbocycles. The number of fused-ring (bicyclic) bond motifs is 1. The van der Waals surface area contributed by atoms with Crippen LogP contribution in [-0.4, -0.2) is 10.9 Å². The summed E-state index contributed by atoms with van der Waals surface area (Å²) >= 11 is 7.22. The lowest BCUT2D eigenvalue weighted by Crippen LogP contribution is -2.20. The SMILES string of the molecule is CCC(C#N)C(=O)Nc1nc2ccc(Cl)cc2s1. The zero-order chi connectivity index (χ0) is 13.1. The fourth-order valence-electron chi connectivity index (χ4n) is 1.48. The number of hydrogen-bond acceptors (Lipinski definition) is 4. The first kappa shape index (κ1) is 12.8. The van der Waals surface area contributed by atoms with Crippen LogP contribution in [0.5, 0.6) is 0 Å². The largest absolute Gasteiger partial charge is 0.301 e. The van der Waals surface area contributed by atoms with Gasteiger partial charge in [-0.3, -0.25) is 4.79 Å². The second-order valence-electron chi connectivity index (χ2n) is 3.71. The molecular formula is C12H10ClN3OS. The van der Waals surface area contributed by atoms with Gasteiger partial charge in [0.15, 0.2) is 5.13 Å². The number of benzene rings is 1. The highest BCUT2D eigenvalue weighted by Crippen LogP contribution is 2.28. The number of halogens is 1. The summed E-state index contributed by atoms with van der Waals surface area (Å²) in [5.41, 5.74) is 0.782. The van der Waals surface area contributed by atoms with Crippen molar-refractivity contribution in [1.82, 2.24) is 4.98 Å². The number of anilines is 1. The molecule has 1 atom stereocenters. The summed E-state index contributed by atoms with van der Waals surface area (Å²) in [6.45, 7) is 1.80. The average molecular weight is 280 g/mol. The van der Waals surface area contributed by atoms with Gasteiger partial charge in [0.2, 0.25) is 5.91 Å². The van der Waals surface area contributed by atoms with Crippen LogP contribution in [0.2, 0.25) is 5.02 Å². The van der Waals surface area contributed by atoms with E-state index >= 15 is 0 Å². The molecule has 1 amide bonds. The number of nitrogens with one attached hydrogen (secondary N) is 1. The summed E-state index contributed by atoms with van der Waals surface area (Å²) in [7, 11) is 0. The van der Waals surface area contributed by atoms with Crippen molar-refractivity contribution in [3.05, 3.63) is 23.2 Å². The Kier molecular flexibility index (Phi) is 3.80. The van der Waals surface area contributed by atoms with E-state index < -0.39 is 5.92 Å². The van der Waals surface area contributed by atoms with E-state index in [4.69, 9.17) is 16.9 Å². The monoisotopic (exact) mass is 279 g/mol. The van der Waals surface area contributed by atoms with E-state index in [-0.39, 0.29) is 5.91 Å². The van der Waals surface area contributed by atoms with Crippen LogP contribution in [0.4, 0.5) is 5.13 Å². The van der Waals surface area contributed by atoms with Gasteiger partial charge in [0.05, 0.1) is 16.3 Å². The maximum atomic E-state index is 11.7. The average Bonchev–Trinajstić information content (AvgIpc) is 2.71. The predicted octanol–water partition coefficient (Wildman–Crippen LogP) is 3.44. The molecule has 0 aliphatic carbocycles. The third kappa shape index (κ3) is 2.61. The van der Waals surface area contributed by atoms with Crippen LogP contribution in [0.25, 0.3) is 10.2 Å². The van der Waals surface area contributed by atoms with Gasteiger partial charge in [-0.15, -0.1) is 0 Å². The minimum Gasteiger partial charge on any atom is -0.301 e. The van der Waals surface area contributed by atoms with Crippen LogP contribution in [0.3, 0.4) is 0 Å². The Balaban J connectivity index is 2.22. The van der Waals surface area contributed by atoms with Crippen molar-refractivity contribution < 1.29 is 4.79 Å². The van der Waals surface area contributed by atoms with Crippen molar-refractivity contribution in [2.45, 2.75) is 13.3 Å². The van der Waals surface area contributed by atoms with Gasteiger partial charge in [-0.25, -0.2) is 4.98 Å². The number of amides is 1. The Labute approximate surface area is 113 Å². The van der Waals surface area contributed by atoms with Crippen molar-refractivity contribution in [3.8, 4) is 6.07 Å². The highest BCUT2D eigenvalue weighted by molar-refractivity contribution is 7.22. The number of thiazole rings is 1. The maximum Gasteiger partial charge on any atom is 0.243 e. The zero-order valence-electron chi connectivity index (χ0n) is 9.61. The van der Waals surface area contributed by atoms with E-state index in [1.807, 2.05) is 6.07 Å². The number of nitriles is 1. The molecule has 1 unspecified atom stereocenters. The molecule has 0 fully saturated rings. The first-order valence-electron chi connectivity index (χ1n) is 5.40. The Morgan fingerprint density at radius 1 is 1.67 bits per heavy atom. The molecule has 2 aromatic rings. The summed E-state index contributed by atoms with van der Waals surface area (Å²) < 4.78 is 0.905. The second kappa shape index (κ2) is 5.34.